The van der Waals surface area contributed by atoms with Crippen LogP contribution in [0.3, 0.4) is 0 Å². The molecule has 1 aromatic carbocycles. The molecule has 2 rings (SSSR count). The minimum absolute atomic E-state index is 0.305. The maximum Gasteiger partial charge on any atom is 0.240 e. The molecule has 0 atom stereocenters. The molecular formula is C14H22N2O2S. The van der Waals surface area contributed by atoms with Crippen LogP contribution in [-0.2, 0) is 10.0 Å². The summed E-state index contributed by atoms with van der Waals surface area (Å²) in [4.78, 5) is 0.305. The highest BCUT2D eigenvalue weighted by Crippen LogP contribution is 2.35. The van der Waals surface area contributed by atoms with Crippen LogP contribution in [-0.4, -0.2) is 21.5 Å². The first-order valence-electron chi connectivity index (χ1n) is 6.72. The fourth-order valence-electron chi connectivity index (χ4n) is 2.43. The van der Waals surface area contributed by atoms with Gasteiger partial charge in [0.25, 0.3) is 0 Å². The van der Waals surface area contributed by atoms with Gasteiger partial charge in [0.05, 0.1) is 4.90 Å². The molecule has 106 valence electrons. The van der Waals surface area contributed by atoms with E-state index in [1.165, 1.54) is 19.9 Å². The molecule has 5 heteroatoms. The number of anilines is 1. The molecule has 1 aliphatic rings. The molecule has 0 aromatic heterocycles. The number of benzene rings is 1. The summed E-state index contributed by atoms with van der Waals surface area (Å²) in [6.07, 6.45) is 2.33. The zero-order chi connectivity index (χ0) is 14.0. The molecule has 19 heavy (non-hydrogen) atoms. The molecule has 0 bridgehead atoms. The summed E-state index contributed by atoms with van der Waals surface area (Å²) < 4.78 is 25.8. The third-order valence-electron chi connectivity index (χ3n) is 3.90. The highest BCUT2D eigenvalue weighted by atomic mass is 32.2. The summed E-state index contributed by atoms with van der Waals surface area (Å²) in [6, 6.07) is 7.45. The van der Waals surface area contributed by atoms with Crippen LogP contribution in [0.1, 0.15) is 26.7 Å². The normalized spacial score (nSPS) is 23.2. The molecule has 0 aliphatic heterocycles. The van der Waals surface area contributed by atoms with Crippen LogP contribution < -0.4 is 10.0 Å². The Labute approximate surface area is 115 Å². The average Bonchev–Trinajstić information content (AvgIpc) is 2.33. The first kappa shape index (κ1) is 14.3. The van der Waals surface area contributed by atoms with Gasteiger partial charge >= 0.3 is 0 Å². The van der Waals surface area contributed by atoms with Crippen molar-refractivity contribution in [2.45, 2.75) is 37.6 Å². The minimum Gasteiger partial charge on any atom is -0.382 e. The largest absolute Gasteiger partial charge is 0.382 e. The number of sulfonamides is 1. The molecular weight excluding hydrogens is 260 g/mol. The lowest BCUT2D eigenvalue weighted by Crippen LogP contribution is -2.37. The Bertz CT molecular complexity index is 534. The van der Waals surface area contributed by atoms with Gasteiger partial charge in [0, 0.05) is 11.7 Å². The van der Waals surface area contributed by atoms with E-state index < -0.39 is 10.0 Å². The SMILES string of the molecule is CNS(=O)(=O)c1cccc(NC2CC(C(C)C)C2)c1. The minimum atomic E-state index is -3.36. The van der Waals surface area contributed by atoms with Gasteiger partial charge < -0.3 is 5.32 Å². The first-order chi connectivity index (χ1) is 8.92. The van der Waals surface area contributed by atoms with E-state index >= 15 is 0 Å². The summed E-state index contributed by atoms with van der Waals surface area (Å²) in [6.45, 7) is 4.50. The predicted octanol–water partition coefficient (Wildman–Crippen LogP) is 2.44. The number of nitrogens with one attached hydrogen (secondary N) is 2. The van der Waals surface area contributed by atoms with E-state index in [0.29, 0.717) is 10.9 Å². The number of hydrogen-bond donors (Lipinski definition) is 2. The summed E-state index contributed by atoms with van der Waals surface area (Å²) in [7, 11) is -1.93. The van der Waals surface area contributed by atoms with Crippen molar-refractivity contribution < 1.29 is 8.42 Å². The third-order valence-corrected chi connectivity index (χ3v) is 5.31. The van der Waals surface area contributed by atoms with Crippen LogP contribution in [0.5, 0.6) is 0 Å². The molecule has 0 spiro atoms. The van der Waals surface area contributed by atoms with E-state index in [0.717, 1.165) is 17.5 Å². The van der Waals surface area contributed by atoms with Crippen molar-refractivity contribution in [3.05, 3.63) is 24.3 Å². The fourth-order valence-corrected chi connectivity index (χ4v) is 3.21. The van der Waals surface area contributed by atoms with Gasteiger partial charge in [0.1, 0.15) is 0 Å². The van der Waals surface area contributed by atoms with Gasteiger partial charge in [-0.15, -0.1) is 0 Å². The lowest BCUT2D eigenvalue weighted by atomic mass is 9.73. The van der Waals surface area contributed by atoms with Crippen LogP contribution in [0, 0.1) is 11.8 Å². The monoisotopic (exact) mass is 282 g/mol. The Morgan fingerprint density at radius 3 is 2.53 bits per heavy atom. The maximum atomic E-state index is 11.7. The molecule has 1 aliphatic carbocycles. The molecule has 0 saturated heterocycles. The van der Waals surface area contributed by atoms with Crippen molar-refractivity contribution in [2.75, 3.05) is 12.4 Å². The van der Waals surface area contributed by atoms with Gasteiger partial charge in [-0.2, -0.15) is 0 Å². The first-order valence-corrected chi connectivity index (χ1v) is 8.21. The fraction of sp³-hybridized carbons (Fsp3) is 0.571. The van der Waals surface area contributed by atoms with Crippen molar-refractivity contribution in [2.24, 2.45) is 11.8 Å². The quantitative estimate of drug-likeness (QED) is 0.872. The van der Waals surface area contributed by atoms with Crippen molar-refractivity contribution in [1.82, 2.24) is 4.72 Å². The zero-order valence-electron chi connectivity index (χ0n) is 11.7. The molecule has 0 unspecified atom stereocenters. The number of rotatable bonds is 5. The summed E-state index contributed by atoms with van der Waals surface area (Å²) >= 11 is 0. The van der Waals surface area contributed by atoms with E-state index in [2.05, 4.69) is 23.9 Å². The van der Waals surface area contributed by atoms with E-state index in [1.54, 1.807) is 18.2 Å². The number of hydrogen-bond acceptors (Lipinski definition) is 3. The highest BCUT2D eigenvalue weighted by Gasteiger charge is 2.31. The second-order valence-electron chi connectivity index (χ2n) is 5.55. The lowest BCUT2D eigenvalue weighted by Gasteiger charge is -2.39. The zero-order valence-corrected chi connectivity index (χ0v) is 12.5. The summed E-state index contributed by atoms with van der Waals surface area (Å²) in [5.41, 5.74) is 0.878. The van der Waals surface area contributed by atoms with Gasteiger partial charge in [0.2, 0.25) is 10.0 Å². The van der Waals surface area contributed by atoms with Gasteiger partial charge in [-0.1, -0.05) is 19.9 Å². The molecule has 4 nitrogen and oxygen atoms in total. The Morgan fingerprint density at radius 2 is 1.95 bits per heavy atom. The van der Waals surface area contributed by atoms with Crippen LogP contribution in [0.25, 0.3) is 0 Å². The van der Waals surface area contributed by atoms with Crippen molar-refractivity contribution in [3.63, 3.8) is 0 Å². The molecule has 0 amide bonds. The van der Waals surface area contributed by atoms with Crippen molar-refractivity contribution in [1.29, 1.82) is 0 Å². The smallest absolute Gasteiger partial charge is 0.240 e. The molecule has 1 aromatic rings. The Balaban J connectivity index is 2.01. The van der Waals surface area contributed by atoms with E-state index in [9.17, 15) is 8.42 Å². The van der Waals surface area contributed by atoms with E-state index in [-0.39, 0.29) is 0 Å². The second-order valence-corrected chi connectivity index (χ2v) is 7.44. The van der Waals surface area contributed by atoms with Crippen LogP contribution in [0.15, 0.2) is 29.2 Å². The Hall–Kier alpha value is -1.07. The summed E-state index contributed by atoms with van der Waals surface area (Å²) in [5, 5.41) is 3.41. The van der Waals surface area contributed by atoms with Crippen LogP contribution >= 0.6 is 0 Å². The average molecular weight is 282 g/mol. The van der Waals surface area contributed by atoms with E-state index in [1.807, 2.05) is 6.07 Å². The van der Waals surface area contributed by atoms with Gasteiger partial charge in [-0.25, -0.2) is 13.1 Å². The highest BCUT2D eigenvalue weighted by molar-refractivity contribution is 7.89. The predicted molar refractivity (Wildman–Crippen MR) is 77.7 cm³/mol. The lowest BCUT2D eigenvalue weighted by molar-refractivity contribution is 0.212. The molecule has 2 N–H and O–H groups in total. The molecule has 1 saturated carbocycles. The van der Waals surface area contributed by atoms with Gasteiger partial charge in [-0.3, -0.25) is 0 Å². The second kappa shape index (κ2) is 5.51. The van der Waals surface area contributed by atoms with Crippen molar-refractivity contribution >= 4 is 15.7 Å². The van der Waals surface area contributed by atoms with Crippen LogP contribution in [0.4, 0.5) is 5.69 Å². The van der Waals surface area contributed by atoms with Crippen molar-refractivity contribution in [3.8, 4) is 0 Å². The Morgan fingerprint density at radius 1 is 1.26 bits per heavy atom. The summed E-state index contributed by atoms with van der Waals surface area (Å²) in [5.74, 6) is 1.52. The molecule has 1 fully saturated rings. The standard InChI is InChI=1S/C14H22N2O2S/c1-10(2)11-7-13(8-11)16-12-5-4-6-14(9-12)19(17,18)15-3/h4-6,9-11,13,15-16H,7-8H2,1-3H3. The Kier molecular flexibility index (Phi) is 4.16. The third kappa shape index (κ3) is 3.28. The van der Waals surface area contributed by atoms with E-state index in [4.69, 9.17) is 0 Å². The molecule has 0 heterocycles. The van der Waals surface area contributed by atoms with Crippen LogP contribution in [0.2, 0.25) is 0 Å². The topological polar surface area (TPSA) is 58.2 Å². The maximum absolute atomic E-state index is 11.7. The van der Waals surface area contributed by atoms with Gasteiger partial charge in [0.15, 0.2) is 0 Å². The molecule has 0 radical (unpaired) electrons. The van der Waals surface area contributed by atoms with Gasteiger partial charge in [-0.05, 0) is 49.9 Å².